The highest BCUT2D eigenvalue weighted by Crippen LogP contribution is 2.15. The third-order valence-electron chi connectivity index (χ3n) is 4.05. The zero-order valence-electron chi connectivity index (χ0n) is 15.1. The van der Waals surface area contributed by atoms with Crippen LogP contribution in [-0.4, -0.2) is 28.0 Å². The number of benzene rings is 2. The largest absolute Gasteiger partial charge is 0.454 e. The lowest BCUT2D eigenvalue weighted by atomic mass is 10.1. The minimum Gasteiger partial charge on any atom is -0.454 e. The van der Waals surface area contributed by atoms with Crippen LogP contribution < -0.4 is 10.9 Å². The van der Waals surface area contributed by atoms with Crippen molar-refractivity contribution in [2.45, 2.75) is 20.4 Å². The fourth-order valence-electron chi connectivity index (χ4n) is 2.69. The summed E-state index contributed by atoms with van der Waals surface area (Å²) in [4.78, 5) is 40.4. The number of carbonyl (C=O) groups is 2. The first-order valence-corrected chi connectivity index (χ1v) is 8.41. The number of amides is 1. The van der Waals surface area contributed by atoms with Gasteiger partial charge < -0.3 is 10.1 Å². The van der Waals surface area contributed by atoms with Gasteiger partial charge in [0.05, 0.1) is 17.2 Å². The molecule has 7 nitrogen and oxygen atoms in total. The van der Waals surface area contributed by atoms with E-state index in [2.05, 4.69) is 10.3 Å². The number of para-hydroxylation sites is 1. The summed E-state index contributed by atoms with van der Waals surface area (Å²) in [5.74, 6) is -1.13. The number of nitrogens with one attached hydrogen (secondary N) is 1. The molecule has 0 spiro atoms. The summed E-state index contributed by atoms with van der Waals surface area (Å²) in [6.07, 6.45) is 1.29. The van der Waals surface area contributed by atoms with Crippen LogP contribution >= 0.6 is 0 Å². The first kappa shape index (κ1) is 18.3. The molecule has 0 saturated carbocycles. The van der Waals surface area contributed by atoms with E-state index in [1.165, 1.54) is 6.33 Å². The number of ether oxygens (including phenoxy) is 1. The Kier molecular flexibility index (Phi) is 5.30. The first-order valence-electron chi connectivity index (χ1n) is 8.41. The second-order valence-electron chi connectivity index (χ2n) is 6.22. The third kappa shape index (κ3) is 4.38. The highest BCUT2D eigenvalue weighted by Gasteiger charge is 2.12. The van der Waals surface area contributed by atoms with Gasteiger partial charge in [-0.15, -0.1) is 0 Å². The Labute approximate surface area is 155 Å². The zero-order chi connectivity index (χ0) is 19.4. The molecule has 0 saturated heterocycles. The summed E-state index contributed by atoms with van der Waals surface area (Å²) in [5, 5.41) is 3.11. The molecular weight excluding hydrogens is 346 g/mol. The molecule has 0 aliphatic rings. The van der Waals surface area contributed by atoms with Gasteiger partial charge >= 0.3 is 5.97 Å². The second-order valence-corrected chi connectivity index (χ2v) is 6.22. The standard InChI is InChI=1S/C20H19N3O4/c1-13-7-8-16(14(2)9-13)22-18(24)11-27-19(25)10-23-12-21-17-6-4-3-5-15(17)20(23)26/h3-9,12H,10-11H2,1-2H3,(H,22,24). The van der Waals surface area contributed by atoms with Crippen LogP contribution in [0.15, 0.2) is 53.6 Å². The van der Waals surface area contributed by atoms with Gasteiger partial charge in [-0.2, -0.15) is 0 Å². The van der Waals surface area contributed by atoms with Gasteiger partial charge in [0.15, 0.2) is 6.61 Å². The number of esters is 1. The van der Waals surface area contributed by atoms with E-state index >= 15 is 0 Å². The van der Waals surface area contributed by atoms with Crippen LogP contribution in [-0.2, 0) is 20.9 Å². The summed E-state index contributed by atoms with van der Waals surface area (Å²) < 4.78 is 6.13. The zero-order valence-corrected chi connectivity index (χ0v) is 15.1. The third-order valence-corrected chi connectivity index (χ3v) is 4.05. The van der Waals surface area contributed by atoms with E-state index in [9.17, 15) is 14.4 Å². The fourth-order valence-corrected chi connectivity index (χ4v) is 2.69. The minimum atomic E-state index is -0.690. The summed E-state index contributed by atoms with van der Waals surface area (Å²) in [7, 11) is 0. The number of fused-ring (bicyclic) bond motifs is 1. The van der Waals surface area contributed by atoms with E-state index in [1.807, 2.05) is 26.0 Å². The van der Waals surface area contributed by atoms with Crippen molar-refractivity contribution < 1.29 is 14.3 Å². The van der Waals surface area contributed by atoms with Crippen molar-refractivity contribution in [1.82, 2.24) is 9.55 Å². The molecule has 1 aromatic heterocycles. The van der Waals surface area contributed by atoms with Crippen molar-refractivity contribution in [2.24, 2.45) is 0 Å². The maximum atomic E-state index is 12.3. The Balaban J connectivity index is 1.59. The Bertz CT molecular complexity index is 1070. The van der Waals surface area contributed by atoms with E-state index in [-0.39, 0.29) is 12.1 Å². The minimum absolute atomic E-state index is 0.312. The van der Waals surface area contributed by atoms with Crippen molar-refractivity contribution >= 4 is 28.5 Å². The number of aromatic nitrogens is 2. The molecule has 2 aromatic carbocycles. The van der Waals surface area contributed by atoms with Gasteiger partial charge in [0.25, 0.3) is 11.5 Å². The number of hydrogen-bond acceptors (Lipinski definition) is 5. The smallest absolute Gasteiger partial charge is 0.326 e. The molecular formula is C20H19N3O4. The van der Waals surface area contributed by atoms with Gasteiger partial charge in [-0.25, -0.2) is 4.98 Å². The molecule has 0 aliphatic carbocycles. The number of hydrogen-bond donors (Lipinski definition) is 1. The number of rotatable bonds is 5. The molecule has 1 heterocycles. The van der Waals surface area contributed by atoms with E-state index in [1.54, 1.807) is 30.3 Å². The molecule has 7 heteroatoms. The number of anilines is 1. The van der Waals surface area contributed by atoms with Crippen molar-refractivity contribution in [3.05, 3.63) is 70.3 Å². The quantitative estimate of drug-likeness (QED) is 0.700. The predicted octanol–water partition coefficient (Wildman–Crippen LogP) is 2.20. The number of carbonyl (C=O) groups excluding carboxylic acids is 2. The lowest BCUT2D eigenvalue weighted by molar-refractivity contribution is -0.147. The average Bonchev–Trinajstić information content (AvgIpc) is 2.65. The van der Waals surface area contributed by atoms with Crippen molar-refractivity contribution in [2.75, 3.05) is 11.9 Å². The Morgan fingerprint density at radius 3 is 2.70 bits per heavy atom. The highest BCUT2D eigenvalue weighted by atomic mass is 16.5. The molecule has 1 N–H and O–H groups in total. The monoisotopic (exact) mass is 365 g/mol. The Morgan fingerprint density at radius 2 is 1.93 bits per heavy atom. The molecule has 0 aliphatic heterocycles. The van der Waals surface area contributed by atoms with Gasteiger partial charge in [0.1, 0.15) is 6.54 Å². The van der Waals surface area contributed by atoms with Crippen molar-refractivity contribution in [1.29, 1.82) is 0 Å². The Hall–Kier alpha value is -3.48. The van der Waals surface area contributed by atoms with Crippen LogP contribution in [0.2, 0.25) is 0 Å². The molecule has 0 fully saturated rings. The van der Waals surface area contributed by atoms with Gasteiger partial charge in [0.2, 0.25) is 0 Å². The molecule has 0 bridgehead atoms. The molecule has 0 unspecified atom stereocenters. The van der Waals surface area contributed by atoms with Gasteiger partial charge in [0, 0.05) is 5.69 Å². The topological polar surface area (TPSA) is 90.3 Å². The molecule has 0 atom stereocenters. The highest BCUT2D eigenvalue weighted by molar-refractivity contribution is 5.93. The van der Waals surface area contributed by atoms with Crippen LogP contribution in [0.5, 0.6) is 0 Å². The Morgan fingerprint density at radius 1 is 1.15 bits per heavy atom. The van der Waals surface area contributed by atoms with E-state index in [4.69, 9.17) is 4.74 Å². The average molecular weight is 365 g/mol. The van der Waals surface area contributed by atoms with E-state index < -0.39 is 18.5 Å². The number of nitrogens with zero attached hydrogens (tertiary/aromatic N) is 2. The lowest BCUT2D eigenvalue weighted by Crippen LogP contribution is -2.28. The van der Waals surface area contributed by atoms with E-state index in [0.29, 0.717) is 16.6 Å². The van der Waals surface area contributed by atoms with E-state index in [0.717, 1.165) is 15.7 Å². The van der Waals surface area contributed by atoms with Gasteiger partial charge in [-0.05, 0) is 37.6 Å². The van der Waals surface area contributed by atoms with Gasteiger partial charge in [-0.3, -0.25) is 19.0 Å². The van der Waals surface area contributed by atoms with Crippen LogP contribution in [0, 0.1) is 13.8 Å². The number of aryl methyl sites for hydroxylation is 2. The molecule has 0 radical (unpaired) electrons. The molecule has 3 aromatic rings. The molecule has 1 amide bonds. The van der Waals surface area contributed by atoms with Crippen LogP contribution in [0.25, 0.3) is 10.9 Å². The molecule has 138 valence electrons. The molecule has 27 heavy (non-hydrogen) atoms. The maximum Gasteiger partial charge on any atom is 0.326 e. The maximum absolute atomic E-state index is 12.3. The van der Waals surface area contributed by atoms with Crippen molar-refractivity contribution in [3.63, 3.8) is 0 Å². The first-order chi connectivity index (χ1) is 12.9. The van der Waals surface area contributed by atoms with Crippen LogP contribution in [0.3, 0.4) is 0 Å². The van der Waals surface area contributed by atoms with Crippen LogP contribution in [0.4, 0.5) is 5.69 Å². The SMILES string of the molecule is Cc1ccc(NC(=O)COC(=O)Cn2cnc3ccccc3c2=O)c(C)c1. The molecule has 3 rings (SSSR count). The second kappa shape index (κ2) is 7.82. The lowest BCUT2D eigenvalue weighted by Gasteiger charge is -2.10. The van der Waals surface area contributed by atoms with Gasteiger partial charge in [-0.1, -0.05) is 29.8 Å². The summed E-state index contributed by atoms with van der Waals surface area (Å²) >= 11 is 0. The normalized spacial score (nSPS) is 10.6. The fraction of sp³-hybridized carbons (Fsp3) is 0.200. The summed E-state index contributed by atoms with van der Waals surface area (Å²) in [6.45, 7) is 3.10. The van der Waals surface area contributed by atoms with Crippen LogP contribution in [0.1, 0.15) is 11.1 Å². The predicted molar refractivity (Wildman–Crippen MR) is 102 cm³/mol. The van der Waals surface area contributed by atoms with Crippen molar-refractivity contribution in [3.8, 4) is 0 Å². The summed E-state index contributed by atoms with van der Waals surface area (Å²) in [5.41, 5.74) is 2.89. The summed E-state index contributed by atoms with van der Waals surface area (Å²) in [6, 6.07) is 12.5.